The minimum atomic E-state index is -4.61. The van der Waals surface area contributed by atoms with Crippen LogP contribution in [0.5, 0.6) is 5.75 Å². The first-order valence-electron chi connectivity index (χ1n) is 23.8. The van der Waals surface area contributed by atoms with Gasteiger partial charge in [-0.25, -0.2) is 4.39 Å². The molecule has 0 aliphatic heterocycles. The molecule has 0 saturated carbocycles. The van der Waals surface area contributed by atoms with Crippen LogP contribution in [0.3, 0.4) is 0 Å². The van der Waals surface area contributed by atoms with Crippen molar-refractivity contribution in [2.24, 2.45) is 0 Å². The number of hydrogen-bond acceptors (Lipinski definition) is 1. The Morgan fingerprint density at radius 3 is 1.07 bits per heavy atom. The Hall–Kier alpha value is -5.68. The fourth-order valence-corrected chi connectivity index (χ4v) is 6.99. The van der Waals surface area contributed by atoms with E-state index in [2.05, 4.69) is 196 Å². The van der Waals surface area contributed by atoms with Gasteiger partial charge in [-0.2, -0.15) is 0 Å². The summed E-state index contributed by atoms with van der Waals surface area (Å²) in [4.78, 5) is 0. The largest absolute Gasteiger partial charge is 0.573 e. The van der Waals surface area contributed by atoms with Gasteiger partial charge in [0.1, 0.15) is 11.6 Å². The molecule has 0 unspecified atom stereocenters. The number of ether oxygens (including phenoxy) is 1. The van der Waals surface area contributed by atoms with Gasteiger partial charge in [-0.15, -0.1) is 13.2 Å². The Morgan fingerprint density at radius 1 is 0.358 bits per heavy atom. The molecule has 5 heteroatoms. The maximum absolute atomic E-state index is 12.8. The van der Waals surface area contributed by atoms with Crippen molar-refractivity contribution >= 4 is 10.8 Å². The lowest BCUT2D eigenvalue weighted by Gasteiger charge is -2.10. The third kappa shape index (κ3) is 22.1. The molecule has 67 heavy (non-hydrogen) atoms. The topological polar surface area (TPSA) is 9.23 Å². The lowest BCUT2D eigenvalue weighted by atomic mass is 9.99. The number of benzene rings is 7. The lowest BCUT2D eigenvalue weighted by Crippen LogP contribution is -2.17. The van der Waals surface area contributed by atoms with Gasteiger partial charge in [0.25, 0.3) is 0 Å². The highest BCUT2D eigenvalue weighted by Gasteiger charge is 2.31. The van der Waals surface area contributed by atoms with Crippen LogP contribution in [0.4, 0.5) is 17.6 Å². The second-order valence-corrected chi connectivity index (χ2v) is 18.8. The summed E-state index contributed by atoms with van der Waals surface area (Å²) >= 11 is 0. The molecule has 0 amide bonds. The van der Waals surface area contributed by atoms with E-state index in [1.807, 2.05) is 39.8 Å². The molecule has 0 N–H and O–H groups in total. The van der Waals surface area contributed by atoms with E-state index in [1.54, 1.807) is 18.2 Å². The number of aryl methyl sites for hydroxylation is 3. The summed E-state index contributed by atoms with van der Waals surface area (Å²) in [6.07, 6.45) is -4.61. The summed E-state index contributed by atoms with van der Waals surface area (Å²) in [5.74, 6) is 2.88. The zero-order valence-electron chi connectivity index (χ0n) is 43.0. The van der Waals surface area contributed by atoms with Crippen molar-refractivity contribution in [3.63, 3.8) is 0 Å². The first kappa shape index (κ1) is 57.4. The second-order valence-electron chi connectivity index (χ2n) is 18.8. The molecule has 7 aromatic rings. The molecule has 0 heterocycles. The quantitative estimate of drug-likeness (QED) is 0.145. The normalized spacial score (nSPS) is 10.8. The van der Waals surface area contributed by atoms with E-state index in [-0.39, 0.29) is 17.5 Å². The first-order chi connectivity index (χ1) is 31.5. The minimum absolute atomic E-state index is 0.0995. The molecule has 7 rings (SSSR count). The maximum atomic E-state index is 12.8. The average molecular weight is 915 g/mol. The van der Waals surface area contributed by atoms with Crippen molar-refractivity contribution in [2.75, 3.05) is 0 Å². The highest BCUT2D eigenvalue weighted by molar-refractivity contribution is 5.83. The number of halogens is 4. The number of fused-ring (bicyclic) bond motifs is 1. The highest BCUT2D eigenvalue weighted by atomic mass is 19.4. The van der Waals surface area contributed by atoms with Crippen LogP contribution in [-0.4, -0.2) is 6.36 Å². The Labute approximate surface area is 402 Å². The van der Waals surface area contributed by atoms with Crippen LogP contribution in [0.15, 0.2) is 164 Å². The van der Waals surface area contributed by atoms with Crippen LogP contribution < -0.4 is 4.74 Å². The zero-order chi connectivity index (χ0) is 50.3. The predicted molar refractivity (Wildman–Crippen MR) is 282 cm³/mol. The van der Waals surface area contributed by atoms with Crippen molar-refractivity contribution < 1.29 is 22.3 Å². The molecule has 0 spiro atoms. The molecule has 0 radical (unpaired) electrons. The Morgan fingerprint density at radius 2 is 0.716 bits per heavy atom. The van der Waals surface area contributed by atoms with Gasteiger partial charge in [-0.1, -0.05) is 234 Å². The van der Waals surface area contributed by atoms with Crippen molar-refractivity contribution in [2.45, 2.75) is 146 Å². The smallest absolute Gasteiger partial charge is 0.406 e. The van der Waals surface area contributed by atoms with Gasteiger partial charge in [-0.05, 0) is 130 Å². The average Bonchev–Trinajstić information content (AvgIpc) is 3.27. The van der Waals surface area contributed by atoms with Gasteiger partial charge in [0.15, 0.2) is 0 Å². The van der Waals surface area contributed by atoms with E-state index in [1.165, 1.54) is 67.9 Å². The molecule has 0 saturated heterocycles. The van der Waals surface area contributed by atoms with E-state index in [4.69, 9.17) is 0 Å². The first-order valence-corrected chi connectivity index (χ1v) is 23.8. The van der Waals surface area contributed by atoms with Crippen molar-refractivity contribution in [3.05, 3.63) is 220 Å². The van der Waals surface area contributed by atoms with Crippen molar-refractivity contribution in [3.8, 4) is 5.75 Å². The lowest BCUT2D eigenvalue weighted by molar-refractivity contribution is -0.274. The molecular formula is C62H78F4O. The second kappa shape index (κ2) is 29.2. The number of alkyl halides is 3. The summed E-state index contributed by atoms with van der Waals surface area (Å²) in [7, 11) is 0. The van der Waals surface area contributed by atoms with Crippen LogP contribution in [0.2, 0.25) is 0 Å². The van der Waals surface area contributed by atoms with Gasteiger partial charge in [0, 0.05) is 0 Å². The molecule has 0 aliphatic carbocycles. The minimum Gasteiger partial charge on any atom is -0.406 e. The molecule has 0 aromatic heterocycles. The van der Waals surface area contributed by atoms with Gasteiger partial charge in [0.2, 0.25) is 0 Å². The van der Waals surface area contributed by atoms with Gasteiger partial charge in [0.05, 0.1) is 0 Å². The summed E-state index contributed by atoms with van der Waals surface area (Å²) in [6, 6.07) is 53.8. The fraction of sp³-hybridized carbons (Fsp3) is 0.355. The van der Waals surface area contributed by atoms with Crippen LogP contribution >= 0.6 is 0 Å². The summed E-state index contributed by atoms with van der Waals surface area (Å²) in [5, 5.41) is 2.67. The predicted octanol–water partition coefficient (Wildman–Crippen LogP) is 20.0. The molecule has 0 atom stereocenters. The summed E-state index contributed by atoms with van der Waals surface area (Å²) in [6.45, 7) is 32.1. The Kier molecular flexibility index (Phi) is 25.0. The summed E-state index contributed by atoms with van der Waals surface area (Å²) in [5.41, 5.74) is 11.7. The highest BCUT2D eigenvalue weighted by Crippen LogP contribution is 2.25. The number of hydrogen-bond donors (Lipinski definition) is 0. The molecule has 360 valence electrons. The van der Waals surface area contributed by atoms with Gasteiger partial charge >= 0.3 is 6.36 Å². The molecule has 1 nitrogen and oxygen atoms in total. The molecular weight excluding hydrogens is 837 g/mol. The SMILES string of the molecule is CC(C)c1ccc(OC(F)(F)F)cc1.CC(C)c1ccc2ccccc2c1.CC(C)c1ccccc1F.Cc1ccc(C(C)C)cc1.Cc1ccccc1C(C)C.Cc1ccccc1C(C)C. The van der Waals surface area contributed by atoms with E-state index >= 15 is 0 Å². The maximum Gasteiger partial charge on any atom is 0.573 e. The third-order valence-electron chi connectivity index (χ3n) is 11.1. The van der Waals surface area contributed by atoms with Crippen LogP contribution in [-0.2, 0) is 0 Å². The van der Waals surface area contributed by atoms with Crippen molar-refractivity contribution in [1.29, 1.82) is 0 Å². The van der Waals surface area contributed by atoms with Gasteiger partial charge in [-0.3, -0.25) is 0 Å². The monoisotopic (exact) mass is 915 g/mol. The zero-order valence-corrected chi connectivity index (χ0v) is 43.0. The van der Waals surface area contributed by atoms with Crippen molar-refractivity contribution in [1.82, 2.24) is 0 Å². The van der Waals surface area contributed by atoms with Gasteiger partial charge < -0.3 is 4.74 Å². The van der Waals surface area contributed by atoms with E-state index in [0.29, 0.717) is 29.6 Å². The van der Waals surface area contributed by atoms with E-state index in [9.17, 15) is 17.6 Å². The van der Waals surface area contributed by atoms with Crippen LogP contribution in [0.25, 0.3) is 10.8 Å². The Balaban J connectivity index is 0.000000278. The van der Waals surface area contributed by atoms with Crippen LogP contribution in [0, 0.1) is 26.6 Å². The number of rotatable bonds is 7. The van der Waals surface area contributed by atoms with E-state index in [0.717, 1.165) is 11.1 Å². The Bertz CT molecular complexity index is 2300. The molecule has 0 aliphatic rings. The molecule has 7 aromatic carbocycles. The van der Waals surface area contributed by atoms with Crippen LogP contribution in [0.1, 0.15) is 169 Å². The molecule has 0 bridgehead atoms. The molecule has 0 fully saturated rings. The summed E-state index contributed by atoms with van der Waals surface area (Å²) < 4.78 is 51.9. The van der Waals surface area contributed by atoms with E-state index < -0.39 is 6.36 Å². The fourth-order valence-electron chi connectivity index (χ4n) is 6.99. The third-order valence-corrected chi connectivity index (χ3v) is 11.1. The standard InChI is InChI=1S/C13H14.C10H11F3O.3C10H14.C9H11F/c1-10(2)12-8-7-11-5-3-4-6-13(11)9-12;1-7(2)8-3-5-9(6-4-8)14-10(11,12)13;1-8(2)10-6-4-9(3)5-7-10;2*1-8(2)10-7-5-4-6-9(10)3;1-7(2)8-5-3-4-6-9(8)10/h3-10H,1-2H3;3-7H,1-2H3;3*4-8H,1-3H3;3-7H,1-2H3.